The van der Waals surface area contributed by atoms with Crippen LogP contribution in [0.2, 0.25) is 0 Å². The number of nitrogens with zero attached hydrogens (tertiary/aromatic N) is 1. The molecule has 17 heavy (non-hydrogen) atoms. The first-order chi connectivity index (χ1) is 8.31. The summed E-state index contributed by atoms with van der Waals surface area (Å²) in [6, 6.07) is 7.86. The van der Waals surface area contributed by atoms with Gasteiger partial charge in [0.15, 0.2) is 6.61 Å². The van der Waals surface area contributed by atoms with Crippen LogP contribution in [-0.4, -0.2) is 29.3 Å². The molecule has 4 heteroatoms. The lowest BCUT2D eigenvalue weighted by Crippen LogP contribution is -2.33. The highest BCUT2D eigenvalue weighted by Gasteiger charge is 2.20. The van der Waals surface area contributed by atoms with E-state index < -0.39 is 0 Å². The second-order valence-corrected chi connectivity index (χ2v) is 4.90. The number of amides is 1. The highest BCUT2D eigenvalue weighted by Crippen LogP contribution is 2.22. The third-order valence-corrected chi connectivity index (χ3v) is 3.41. The molecule has 92 valence electrons. The van der Waals surface area contributed by atoms with E-state index in [9.17, 15) is 4.79 Å². The van der Waals surface area contributed by atoms with E-state index in [4.69, 9.17) is 4.74 Å². The molecule has 1 amide bonds. The summed E-state index contributed by atoms with van der Waals surface area (Å²) in [4.78, 5) is 13.7. The molecule has 0 saturated heterocycles. The molecule has 1 heterocycles. The Hall–Kier alpha value is -1.03. The summed E-state index contributed by atoms with van der Waals surface area (Å²) < 4.78 is 5.50. The Morgan fingerprint density at radius 3 is 2.94 bits per heavy atom. The third-order valence-electron chi connectivity index (χ3n) is 2.85. The van der Waals surface area contributed by atoms with Crippen LogP contribution >= 0.6 is 15.9 Å². The monoisotopic (exact) mass is 297 g/mol. The molecule has 0 bridgehead atoms. The fourth-order valence-corrected chi connectivity index (χ4v) is 2.30. The number of hydrogen-bond donors (Lipinski definition) is 0. The first-order valence-electron chi connectivity index (χ1n) is 5.85. The van der Waals surface area contributed by atoms with Crippen molar-refractivity contribution in [1.29, 1.82) is 0 Å². The van der Waals surface area contributed by atoms with Crippen molar-refractivity contribution in [1.82, 2.24) is 4.90 Å². The Kier molecular flexibility index (Phi) is 4.42. The van der Waals surface area contributed by atoms with E-state index in [2.05, 4.69) is 15.9 Å². The van der Waals surface area contributed by atoms with Crippen molar-refractivity contribution in [3.05, 3.63) is 29.8 Å². The van der Waals surface area contributed by atoms with Gasteiger partial charge in [-0.1, -0.05) is 34.1 Å². The molecule has 0 aliphatic carbocycles. The van der Waals surface area contributed by atoms with Crippen molar-refractivity contribution in [2.75, 3.05) is 18.5 Å². The average Bonchev–Trinajstić information content (AvgIpc) is 2.51. The Bertz CT molecular complexity index is 395. The molecule has 0 fully saturated rings. The van der Waals surface area contributed by atoms with Gasteiger partial charge in [-0.2, -0.15) is 0 Å². The van der Waals surface area contributed by atoms with Crippen molar-refractivity contribution in [2.24, 2.45) is 0 Å². The molecule has 0 atom stereocenters. The quantitative estimate of drug-likeness (QED) is 0.631. The largest absolute Gasteiger partial charge is 0.483 e. The third kappa shape index (κ3) is 3.22. The second-order valence-electron chi connectivity index (χ2n) is 4.11. The van der Waals surface area contributed by atoms with Crippen LogP contribution in [-0.2, 0) is 11.3 Å². The number of halogens is 1. The van der Waals surface area contributed by atoms with Crippen LogP contribution in [0.5, 0.6) is 5.75 Å². The Labute approximate surface area is 110 Å². The van der Waals surface area contributed by atoms with Crippen LogP contribution in [0, 0.1) is 0 Å². The van der Waals surface area contributed by atoms with Gasteiger partial charge >= 0.3 is 0 Å². The number of carbonyl (C=O) groups excluding carboxylic acids is 1. The molecule has 3 nitrogen and oxygen atoms in total. The van der Waals surface area contributed by atoms with Gasteiger partial charge in [0.1, 0.15) is 5.75 Å². The lowest BCUT2D eigenvalue weighted by molar-refractivity contribution is -0.133. The van der Waals surface area contributed by atoms with Crippen LogP contribution < -0.4 is 4.74 Å². The second kappa shape index (κ2) is 6.05. The summed E-state index contributed by atoms with van der Waals surface area (Å²) in [6.07, 6.45) is 2.12. The van der Waals surface area contributed by atoms with Gasteiger partial charge in [-0.3, -0.25) is 4.79 Å². The van der Waals surface area contributed by atoms with Gasteiger partial charge in [0.25, 0.3) is 5.91 Å². The molecule has 2 rings (SSSR count). The average molecular weight is 298 g/mol. The Morgan fingerprint density at radius 1 is 1.29 bits per heavy atom. The van der Waals surface area contributed by atoms with Crippen molar-refractivity contribution >= 4 is 21.8 Å². The number of fused-ring (bicyclic) bond motifs is 1. The van der Waals surface area contributed by atoms with Crippen molar-refractivity contribution < 1.29 is 9.53 Å². The van der Waals surface area contributed by atoms with E-state index in [0.717, 1.165) is 36.0 Å². The van der Waals surface area contributed by atoms with Crippen LogP contribution in [0.15, 0.2) is 24.3 Å². The number of unbranched alkanes of at least 4 members (excludes halogenated alkanes) is 1. The molecule has 0 spiro atoms. The van der Waals surface area contributed by atoms with Crippen molar-refractivity contribution in [2.45, 2.75) is 19.4 Å². The summed E-state index contributed by atoms with van der Waals surface area (Å²) in [6.45, 7) is 1.63. The van der Waals surface area contributed by atoms with Crippen LogP contribution in [0.4, 0.5) is 0 Å². The van der Waals surface area contributed by atoms with E-state index >= 15 is 0 Å². The summed E-state index contributed by atoms with van der Waals surface area (Å²) in [5, 5.41) is 0.988. The first kappa shape index (κ1) is 12.4. The molecule has 1 aromatic rings. The number of para-hydroxylation sites is 1. The number of alkyl halides is 1. The first-order valence-corrected chi connectivity index (χ1v) is 6.98. The number of benzene rings is 1. The predicted octanol–water partition coefficient (Wildman–Crippen LogP) is 2.58. The predicted molar refractivity (Wildman–Crippen MR) is 70.4 cm³/mol. The summed E-state index contributed by atoms with van der Waals surface area (Å²) >= 11 is 3.40. The van der Waals surface area contributed by atoms with Gasteiger partial charge in [0.2, 0.25) is 0 Å². The van der Waals surface area contributed by atoms with Crippen LogP contribution in [0.3, 0.4) is 0 Å². The molecule has 0 radical (unpaired) electrons. The van der Waals surface area contributed by atoms with Gasteiger partial charge in [-0.25, -0.2) is 0 Å². The minimum Gasteiger partial charge on any atom is -0.483 e. The van der Waals surface area contributed by atoms with Crippen LogP contribution in [0.1, 0.15) is 18.4 Å². The summed E-state index contributed by atoms with van der Waals surface area (Å²) in [7, 11) is 0. The standard InChI is InChI=1S/C13H16BrNO2/c14-7-3-4-8-15-9-11-5-1-2-6-12(11)17-10-13(15)16/h1-2,5-6H,3-4,7-10H2. The molecule has 0 saturated carbocycles. The number of hydrogen-bond acceptors (Lipinski definition) is 2. The van der Waals surface area contributed by atoms with Gasteiger partial charge in [0, 0.05) is 24.0 Å². The van der Waals surface area contributed by atoms with E-state index in [0.29, 0.717) is 6.54 Å². The molecular formula is C13H16BrNO2. The minimum atomic E-state index is 0.0794. The zero-order chi connectivity index (χ0) is 12.1. The summed E-state index contributed by atoms with van der Waals surface area (Å²) in [5.41, 5.74) is 1.09. The molecule has 1 aliphatic heterocycles. The maximum atomic E-state index is 11.9. The van der Waals surface area contributed by atoms with Crippen molar-refractivity contribution in [3.8, 4) is 5.75 Å². The lowest BCUT2D eigenvalue weighted by Gasteiger charge is -2.19. The fraction of sp³-hybridized carbons (Fsp3) is 0.462. The fourth-order valence-electron chi connectivity index (χ4n) is 1.90. The number of carbonyl (C=O) groups is 1. The van der Waals surface area contributed by atoms with E-state index in [1.54, 1.807) is 0 Å². The number of rotatable bonds is 4. The molecule has 0 aromatic heterocycles. The number of ether oxygens (including phenoxy) is 1. The Balaban J connectivity index is 2.05. The summed E-state index contributed by atoms with van der Waals surface area (Å²) in [5.74, 6) is 0.916. The van der Waals surface area contributed by atoms with Crippen molar-refractivity contribution in [3.63, 3.8) is 0 Å². The van der Waals surface area contributed by atoms with E-state index in [-0.39, 0.29) is 12.5 Å². The molecule has 0 N–H and O–H groups in total. The van der Waals surface area contributed by atoms with E-state index in [1.807, 2.05) is 29.2 Å². The maximum absolute atomic E-state index is 11.9. The topological polar surface area (TPSA) is 29.5 Å². The SMILES string of the molecule is O=C1COc2ccccc2CN1CCCCBr. The van der Waals surface area contributed by atoms with Gasteiger partial charge < -0.3 is 9.64 Å². The van der Waals surface area contributed by atoms with Crippen LogP contribution in [0.25, 0.3) is 0 Å². The minimum absolute atomic E-state index is 0.0794. The smallest absolute Gasteiger partial charge is 0.260 e. The lowest BCUT2D eigenvalue weighted by atomic mass is 10.2. The molecule has 1 aromatic carbocycles. The normalized spacial score (nSPS) is 15.1. The molecular weight excluding hydrogens is 282 g/mol. The zero-order valence-corrected chi connectivity index (χ0v) is 11.3. The van der Waals surface area contributed by atoms with Gasteiger partial charge in [-0.15, -0.1) is 0 Å². The Morgan fingerprint density at radius 2 is 2.12 bits per heavy atom. The highest BCUT2D eigenvalue weighted by molar-refractivity contribution is 9.09. The van der Waals surface area contributed by atoms with Gasteiger partial charge in [0.05, 0.1) is 0 Å². The highest BCUT2D eigenvalue weighted by atomic mass is 79.9. The molecule has 0 unspecified atom stereocenters. The maximum Gasteiger partial charge on any atom is 0.260 e. The molecule has 1 aliphatic rings. The van der Waals surface area contributed by atoms with E-state index in [1.165, 1.54) is 0 Å². The zero-order valence-electron chi connectivity index (χ0n) is 9.69. The van der Waals surface area contributed by atoms with Gasteiger partial charge in [-0.05, 0) is 18.9 Å².